The molecule has 3 heterocycles. The van der Waals surface area contributed by atoms with Gasteiger partial charge in [0, 0.05) is 23.3 Å². The summed E-state index contributed by atoms with van der Waals surface area (Å²) >= 11 is 0. The van der Waals surface area contributed by atoms with E-state index in [1.54, 1.807) is 7.11 Å². The second-order valence-corrected chi connectivity index (χ2v) is 8.50. The molecule has 1 amide bonds. The van der Waals surface area contributed by atoms with Gasteiger partial charge in [0.1, 0.15) is 5.69 Å². The zero-order valence-corrected chi connectivity index (χ0v) is 16.6. The Hall–Kier alpha value is -2.08. The molecule has 0 radical (unpaired) electrons. The number of rotatable bonds is 4. The van der Waals surface area contributed by atoms with Crippen molar-refractivity contribution in [2.24, 2.45) is 0 Å². The van der Waals surface area contributed by atoms with Crippen molar-refractivity contribution in [2.75, 3.05) is 7.11 Å². The second kappa shape index (κ2) is 6.58. The first-order valence-corrected chi connectivity index (χ1v) is 9.30. The smallest absolute Gasteiger partial charge is 0.270 e. The maximum absolute atomic E-state index is 13.2. The van der Waals surface area contributed by atoms with Crippen molar-refractivity contribution in [3.63, 3.8) is 0 Å². The first-order chi connectivity index (χ1) is 12.2. The number of carbonyl (C=O) groups excluding carboxylic acids is 1. The predicted molar refractivity (Wildman–Crippen MR) is 103 cm³/mol. The Labute approximate surface area is 155 Å². The fourth-order valence-corrected chi connectivity index (χ4v) is 4.41. The number of imidazole rings is 1. The molecule has 26 heavy (non-hydrogen) atoms. The van der Waals surface area contributed by atoms with Crippen LogP contribution in [0.2, 0.25) is 0 Å². The minimum Gasteiger partial charge on any atom is -0.493 e. The lowest BCUT2D eigenvalue weighted by Crippen LogP contribution is -2.62. The zero-order chi connectivity index (χ0) is 19.1. The molecule has 142 valence electrons. The van der Waals surface area contributed by atoms with Crippen molar-refractivity contribution in [1.82, 2.24) is 20.0 Å². The van der Waals surface area contributed by atoms with Gasteiger partial charge in [-0.05, 0) is 59.1 Å². The number of carbonyl (C=O) groups is 1. The van der Waals surface area contributed by atoms with Gasteiger partial charge in [-0.1, -0.05) is 6.92 Å². The molecule has 1 saturated heterocycles. The zero-order valence-electron chi connectivity index (χ0n) is 16.6. The predicted octanol–water partition coefficient (Wildman–Crippen LogP) is 2.94. The Bertz CT molecular complexity index is 807. The monoisotopic (exact) mass is 358 g/mol. The summed E-state index contributed by atoms with van der Waals surface area (Å²) in [6.07, 6.45) is 4.35. The summed E-state index contributed by atoms with van der Waals surface area (Å²) in [5.74, 6) is 0.603. The van der Waals surface area contributed by atoms with Crippen molar-refractivity contribution in [1.29, 1.82) is 0 Å². The SMILES string of the molecule is CCc1nc2c(OC)cccn2c1C(=O)NC1CC(C)(C)NC(C)(C)C1. The van der Waals surface area contributed by atoms with E-state index in [9.17, 15) is 4.79 Å². The molecule has 1 fully saturated rings. The van der Waals surface area contributed by atoms with E-state index in [-0.39, 0.29) is 23.0 Å². The lowest BCUT2D eigenvalue weighted by Gasteiger charge is -2.46. The quantitative estimate of drug-likeness (QED) is 0.882. The molecule has 1 aliphatic heterocycles. The van der Waals surface area contributed by atoms with Crippen molar-refractivity contribution in [3.8, 4) is 5.75 Å². The van der Waals surface area contributed by atoms with Crippen LogP contribution in [-0.2, 0) is 6.42 Å². The number of amides is 1. The molecule has 0 saturated carbocycles. The van der Waals surface area contributed by atoms with Gasteiger partial charge in [0.15, 0.2) is 11.4 Å². The van der Waals surface area contributed by atoms with Gasteiger partial charge in [0.05, 0.1) is 12.8 Å². The molecule has 2 aromatic rings. The summed E-state index contributed by atoms with van der Waals surface area (Å²) in [6, 6.07) is 3.86. The highest BCUT2D eigenvalue weighted by molar-refractivity contribution is 5.95. The molecule has 1 aliphatic rings. The van der Waals surface area contributed by atoms with Gasteiger partial charge >= 0.3 is 0 Å². The van der Waals surface area contributed by atoms with Crippen LogP contribution in [0.15, 0.2) is 18.3 Å². The van der Waals surface area contributed by atoms with Crippen LogP contribution in [0.4, 0.5) is 0 Å². The lowest BCUT2D eigenvalue weighted by atomic mass is 9.79. The number of nitrogens with one attached hydrogen (secondary N) is 2. The first-order valence-electron chi connectivity index (χ1n) is 9.30. The van der Waals surface area contributed by atoms with Crippen LogP contribution < -0.4 is 15.4 Å². The van der Waals surface area contributed by atoms with E-state index in [1.165, 1.54) is 0 Å². The van der Waals surface area contributed by atoms with Gasteiger partial charge in [-0.2, -0.15) is 0 Å². The minimum absolute atomic E-state index is 0.0179. The topological polar surface area (TPSA) is 67.7 Å². The molecule has 0 bridgehead atoms. The van der Waals surface area contributed by atoms with Crippen LogP contribution in [0.5, 0.6) is 5.75 Å². The summed E-state index contributed by atoms with van der Waals surface area (Å²) in [7, 11) is 1.62. The summed E-state index contributed by atoms with van der Waals surface area (Å²) in [5, 5.41) is 6.91. The minimum atomic E-state index is -0.0684. The second-order valence-electron chi connectivity index (χ2n) is 8.50. The number of aromatic nitrogens is 2. The lowest BCUT2D eigenvalue weighted by molar-refractivity contribution is 0.0866. The average molecular weight is 358 g/mol. The first kappa shape index (κ1) is 18.7. The van der Waals surface area contributed by atoms with Gasteiger partial charge in [0.2, 0.25) is 0 Å². The Kier molecular flexibility index (Phi) is 4.73. The number of methoxy groups -OCH3 is 1. The fraction of sp³-hybridized carbons (Fsp3) is 0.600. The maximum Gasteiger partial charge on any atom is 0.270 e. The number of aryl methyl sites for hydroxylation is 1. The van der Waals surface area contributed by atoms with Crippen molar-refractivity contribution in [3.05, 3.63) is 29.7 Å². The average Bonchev–Trinajstić information content (AvgIpc) is 2.90. The number of piperidine rings is 1. The molecule has 2 N–H and O–H groups in total. The number of hydrogen-bond donors (Lipinski definition) is 2. The summed E-state index contributed by atoms with van der Waals surface area (Å²) in [5.41, 5.74) is 2.05. The van der Waals surface area contributed by atoms with Crippen LogP contribution in [0.25, 0.3) is 5.65 Å². The molecular weight excluding hydrogens is 328 g/mol. The molecule has 0 atom stereocenters. The van der Waals surface area contributed by atoms with E-state index < -0.39 is 0 Å². The molecule has 2 aromatic heterocycles. The largest absolute Gasteiger partial charge is 0.493 e. The maximum atomic E-state index is 13.2. The van der Waals surface area contributed by atoms with E-state index in [0.717, 1.165) is 18.5 Å². The molecule has 0 unspecified atom stereocenters. The standard InChI is InChI=1S/C20H30N4O2/c1-7-14-16(24-10-8-9-15(26-6)17(24)22-14)18(25)21-13-11-19(2,3)23-20(4,5)12-13/h8-10,13,23H,7,11-12H2,1-6H3,(H,21,25). The van der Waals surface area contributed by atoms with E-state index >= 15 is 0 Å². The Balaban J connectivity index is 1.93. The molecular formula is C20H30N4O2. The van der Waals surface area contributed by atoms with Crippen LogP contribution in [0.3, 0.4) is 0 Å². The third-order valence-electron chi connectivity index (χ3n) is 4.98. The number of hydrogen-bond acceptors (Lipinski definition) is 4. The van der Waals surface area contributed by atoms with Gasteiger partial charge in [-0.3, -0.25) is 9.20 Å². The molecule has 3 rings (SSSR count). The molecule has 0 aromatic carbocycles. The third kappa shape index (κ3) is 3.56. The van der Waals surface area contributed by atoms with Crippen molar-refractivity contribution in [2.45, 2.75) is 71.0 Å². The molecule has 0 aliphatic carbocycles. The van der Waals surface area contributed by atoms with Gasteiger partial charge in [0.25, 0.3) is 5.91 Å². The van der Waals surface area contributed by atoms with E-state index in [0.29, 0.717) is 23.5 Å². The normalized spacial score (nSPS) is 19.5. The summed E-state index contributed by atoms with van der Waals surface area (Å²) in [6.45, 7) is 10.8. The van der Waals surface area contributed by atoms with Crippen LogP contribution >= 0.6 is 0 Å². The number of fused-ring (bicyclic) bond motifs is 1. The third-order valence-corrected chi connectivity index (χ3v) is 4.98. The summed E-state index contributed by atoms with van der Waals surface area (Å²) in [4.78, 5) is 17.8. The molecule has 6 heteroatoms. The van der Waals surface area contributed by atoms with Crippen molar-refractivity contribution >= 4 is 11.6 Å². The fourth-order valence-electron chi connectivity index (χ4n) is 4.41. The number of nitrogens with zero attached hydrogens (tertiary/aromatic N) is 2. The Morgan fingerprint density at radius 3 is 2.58 bits per heavy atom. The van der Waals surface area contributed by atoms with Crippen molar-refractivity contribution < 1.29 is 9.53 Å². The Morgan fingerprint density at radius 1 is 1.35 bits per heavy atom. The molecule has 0 spiro atoms. The van der Waals surface area contributed by atoms with Gasteiger partial charge < -0.3 is 15.4 Å². The highest BCUT2D eigenvalue weighted by Gasteiger charge is 2.38. The van der Waals surface area contributed by atoms with E-state index in [4.69, 9.17) is 4.74 Å². The van der Waals surface area contributed by atoms with Crippen LogP contribution in [0.1, 0.15) is 63.6 Å². The van der Waals surface area contributed by atoms with Gasteiger partial charge in [-0.25, -0.2) is 4.98 Å². The van der Waals surface area contributed by atoms with E-state index in [1.807, 2.05) is 29.7 Å². The number of pyridine rings is 1. The highest BCUT2D eigenvalue weighted by atomic mass is 16.5. The van der Waals surface area contributed by atoms with E-state index in [2.05, 4.69) is 43.3 Å². The van der Waals surface area contributed by atoms with Crippen LogP contribution in [0, 0.1) is 0 Å². The highest BCUT2D eigenvalue weighted by Crippen LogP contribution is 2.29. The van der Waals surface area contributed by atoms with Crippen LogP contribution in [-0.4, -0.2) is 39.5 Å². The Morgan fingerprint density at radius 2 is 2.00 bits per heavy atom. The van der Waals surface area contributed by atoms with Gasteiger partial charge in [-0.15, -0.1) is 0 Å². The number of ether oxygens (including phenoxy) is 1. The molecule has 6 nitrogen and oxygen atoms in total. The summed E-state index contributed by atoms with van der Waals surface area (Å²) < 4.78 is 7.24.